The van der Waals surface area contributed by atoms with Crippen LogP contribution < -0.4 is 0 Å². The molecule has 5 nitrogen and oxygen atoms in total. The summed E-state index contributed by atoms with van der Waals surface area (Å²) in [5.41, 5.74) is 1.83. The number of carbonyl (C=O) groups is 3. The second-order valence-electron chi connectivity index (χ2n) is 10.5. The van der Waals surface area contributed by atoms with E-state index in [1.54, 1.807) is 41.5 Å². The number of rotatable bonds is 4. The number of benzene rings is 2. The molecular weight excluding hydrogens is 402 g/mol. The largest absolute Gasteiger partial charge is 0.443 e. The van der Waals surface area contributed by atoms with Crippen LogP contribution in [0.2, 0.25) is 0 Å². The summed E-state index contributed by atoms with van der Waals surface area (Å²) in [5, 5.41) is 0. The van der Waals surface area contributed by atoms with Gasteiger partial charge < -0.3 is 4.74 Å². The van der Waals surface area contributed by atoms with E-state index in [-0.39, 0.29) is 5.78 Å². The number of ether oxygens (including phenoxy) is 1. The van der Waals surface area contributed by atoms with Crippen molar-refractivity contribution in [3.05, 3.63) is 60.2 Å². The van der Waals surface area contributed by atoms with Crippen molar-refractivity contribution >= 4 is 17.8 Å². The van der Waals surface area contributed by atoms with Gasteiger partial charge in [0.05, 0.1) is 5.92 Å². The summed E-state index contributed by atoms with van der Waals surface area (Å²) < 4.78 is 5.51. The van der Waals surface area contributed by atoms with Crippen LogP contribution in [0.25, 0.3) is 11.1 Å². The summed E-state index contributed by atoms with van der Waals surface area (Å²) in [4.78, 5) is 40.2. The predicted octanol–water partition coefficient (Wildman–Crippen LogP) is 5.66. The van der Waals surface area contributed by atoms with Crippen LogP contribution in [0.4, 0.5) is 4.79 Å². The van der Waals surface area contributed by atoms with Gasteiger partial charge in [-0.25, -0.2) is 9.69 Å². The summed E-state index contributed by atoms with van der Waals surface area (Å²) in [6.07, 6.45) is 0.111. The summed E-state index contributed by atoms with van der Waals surface area (Å²) in [5.74, 6) is -1.42. The summed E-state index contributed by atoms with van der Waals surface area (Å²) in [6, 6.07) is 17.8. The van der Waals surface area contributed by atoms with Crippen LogP contribution in [-0.2, 0) is 20.7 Å². The average Bonchev–Trinajstić information content (AvgIpc) is 3.02. The SMILES string of the molecule is CC(C)(C)OC(=O)N1C(=O)C(C(=O)C(C)(C)C)C[C@H]1Cc1ccc(-c2ccccc2)cc1. The molecule has 1 unspecified atom stereocenters. The van der Waals surface area contributed by atoms with Gasteiger partial charge in [-0.2, -0.15) is 0 Å². The third-order valence-electron chi connectivity index (χ3n) is 5.59. The van der Waals surface area contributed by atoms with E-state index in [0.29, 0.717) is 12.8 Å². The van der Waals surface area contributed by atoms with Gasteiger partial charge in [0.25, 0.3) is 0 Å². The minimum Gasteiger partial charge on any atom is -0.443 e. The first-order valence-electron chi connectivity index (χ1n) is 11.1. The van der Waals surface area contributed by atoms with E-state index < -0.39 is 35.0 Å². The van der Waals surface area contributed by atoms with Crippen LogP contribution in [0, 0.1) is 11.3 Å². The predicted molar refractivity (Wildman–Crippen MR) is 125 cm³/mol. The van der Waals surface area contributed by atoms with Crippen molar-refractivity contribution in [2.24, 2.45) is 11.3 Å². The van der Waals surface area contributed by atoms with Gasteiger partial charge in [0.1, 0.15) is 5.60 Å². The molecule has 0 aliphatic carbocycles. The molecule has 0 radical (unpaired) electrons. The lowest BCUT2D eigenvalue weighted by atomic mass is 9.81. The van der Waals surface area contributed by atoms with Crippen molar-refractivity contribution in [1.29, 1.82) is 0 Å². The first-order valence-corrected chi connectivity index (χ1v) is 11.1. The molecule has 2 atom stereocenters. The number of imide groups is 1. The quantitative estimate of drug-likeness (QED) is 0.581. The first kappa shape index (κ1) is 23.7. The molecule has 32 heavy (non-hydrogen) atoms. The zero-order chi connectivity index (χ0) is 23.7. The van der Waals surface area contributed by atoms with Gasteiger partial charge in [-0.05, 0) is 50.3 Å². The maximum absolute atomic E-state index is 13.2. The number of hydrogen-bond acceptors (Lipinski definition) is 4. The lowest BCUT2D eigenvalue weighted by Gasteiger charge is -2.27. The van der Waals surface area contributed by atoms with Gasteiger partial charge in [0.2, 0.25) is 5.91 Å². The molecule has 1 heterocycles. The van der Waals surface area contributed by atoms with Crippen LogP contribution in [0.5, 0.6) is 0 Å². The minimum absolute atomic E-state index is 0.141. The molecule has 1 aliphatic heterocycles. The molecule has 3 rings (SSSR count). The third kappa shape index (κ3) is 5.45. The zero-order valence-electron chi connectivity index (χ0n) is 19.8. The molecule has 0 saturated carbocycles. The van der Waals surface area contributed by atoms with Crippen molar-refractivity contribution in [1.82, 2.24) is 4.90 Å². The van der Waals surface area contributed by atoms with E-state index in [0.717, 1.165) is 16.7 Å². The van der Waals surface area contributed by atoms with Crippen molar-refractivity contribution < 1.29 is 19.1 Å². The molecule has 0 N–H and O–H groups in total. The van der Waals surface area contributed by atoms with Gasteiger partial charge in [-0.15, -0.1) is 0 Å². The monoisotopic (exact) mass is 435 g/mol. The molecule has 1 fully saturated rings. The second kappa shape index (κ2) is 8.89. The fourth-order valence-corrected chi connectivity index (χ4v) is 4.03. The zero-order valence-corrected chi connectivity index (χ0v) is 19.8. The van der Waals surface area contributed by atoms with Crippen LogP contribution >= 0.6 is 0 Å². The van der Waals surface area contributed by atoms with E-state index in [1.165, 1.54) is 4.90 Å². The van der Waals surface area contributed by atoms with E-state index >= 15 is 0 Å². The van der Waals surface area contributed by atoms with E-state index in [1.807, 2.05) is 42.5 Å². The second-order valence-corrected chi connectivity index (χ2v) is 10.5. The maximum Gasteiger partial charge on any atom is 0.417 e. The Kier molecular flexibility index (Phi) is 6.59. The first-order chi connectivity index (χ1) is 14.9. The number of ketones is 1. The van der Waals surface area contributed by atoms with E-state index in [2.05, 4.69) is 12.1 Å². The Balaban J connectivity index is 1.85. The Hall–Kier alpha value is -2.95. The van der Waals surface area contributed by atoms with Gasteiger partial charge in [0, 0.05) is 11.5 Å². The highest BCUT2D eigenvalue weighted by atomic mass is 16.6. The van der Waals surface area contributed by atoms with E-state index in [4.69, 9.17) is 4.74 Å². The summed E-state index contributed by atoms with van der Waals surface area (Å²) in [6.45, 7) is 10.7. The topological polar surface area (TPSA) is 63.7 Å². The molecule has 2 amide bonds. The maximum atomic E-state index is 13.2. The molecule has 0 spiro atoms. The molecule has 170 valence electrons. The Labute approximate surface area is 190 Å². The van der Waals surface area contributed by atoms with Crippen molar-refractivity contribution in [3.8, 4) is 11.1 Å². The van der Waals surface area contributed by atoms with Gasteiger partial charge >= 0.3 is 6.09 Å². The smallest absolute Gasteiger partial charge is 0.417 e. The number of likely N-dealkylation sites (tertiary alicyclic amines) is 1. The Morgan fingerprint density at radius 2 is 1.47 bits per heavy atom. The highest BCUT2D eigenvalue weighted by Gasteiger charge is 2.49. The number of nitrogens with zero attached hydrogens (tertiary/aromatic N) is 1. The highest BCUT2D eigenvalue weighted by Crippen LogP contribution is 2.34. The van der Waals surface area contributed by atoms with E-state index in [9.17, 15) is 14.4 Å². The van der Waals surface area contributed by atoms with Crippen molar-refractivity contribution in [3.63, 3.8) is 0 Å². The van der Waals surface area contributed by atoms with Gasteiger partial charge in [-0.3, -0.25) is 9.59 Å². The molecule has 2 aromatic rings. The van der Waals surface area contributed by atoms with Crippen molar-refractivity contribution in [2.45, 2.75) is 66.0 Å². The average molecular weight is 436 g/mol. The molecule has 5 heteroatoms. The summed E-state index contributed by atoms with van der Waals surface area (Å²) >= 11 is 0. The molecule has 2 aromatic carbocycles. The minimum atomic E-state index is -0.823. The lowest BCUT2D eigenvalue weighted by Crippen LogP contribution is -2.44. The summed E-state index contributed by atoms with van der Waals surface area (Å²) in [7, 11) is 0. The molecular formula is C27H33NO4. The normalized spacial score (nSPS) is 19.2. The molecule has 0 aromatic heterocycles. The lowest BCUT2D eigenvalue weighted by molar-refractivity contribution is -0.140. The molecule has 0 bridgehead atoms. The van der Waals surface area contributed by atoms with Gasteiger partial charge in [-0.1, -0.05) is 75.4 Å². The fourth-order valence-electron chi connectivity index (χ4n) is 4.03. The molecule has 1 aliphatic rings. The fraction of sp³-hybridized carbons (Fsp3) is 0.444. The van der Waals surface area contributed by atoms with Gasteiger partial charge in [0.15, 0.2) is 5.78 Å². The Bertz CT molecular complexity index is 981. The van der Waals surface area contributed by atoms with Crippen LogP contribution in [0.1, 0.15) is 53.5 Å². The van der Waals surface area contributed by atoms with Crippen LogP contribution in [-0.4, -0.2) is 34.3 Å². The molecule has 1 saturated heterocycles. The number of Topliss-reactive ketones (excluding diaryl/α,β-unsaturated/α-hetero) is 1. The number of carbonyl (C=O) groups excluding carboxylic acids is 3. The Morgan fingerprint density at radius 3 is 2.00 bits per heavy atom. The van der Waals surface area contributed by atoms with Crippen LogP contribution in [0.3, 0.4) is 0 Å². The van der Waals surface area contributed by atoms with Crippen LogP contribution in [0.15, 0.2) is 54.6 Å². The third-order valence-corrected chi connectivity index (χ3v) is 5.59. The standard InChI is InChI=1S/C27H33NO4/c1-26(2,3)23(29)22-17-21(28(24(22)30)25(31)32-27(4,5)6)16-18-12-14-20(15-13-18)19-10-8-7-9-11-19/h7-15,21-22H,16-17H2,1-6H3/t21-,22?/m1/s1. The number of amides is 2. The van der Waals surface area contributed by atoms with Crippen molar-refractivity contribution in [2.75, 3.05) is 0 Å². The number of hydrogen-bond donors (Lipinski definition) is 0. The highest BCUT2D eigenvalue weighted by molar-refractivity contribution is 6.09. The Morgan fingerprint density at radius 1 is 0.906 bits per heavy atom.